The van der Waals surface area contributed by atoms with Crippen molar-refractivity contribution in [2.24, 2.45) is 0 Å². The fourth-order valence-electron chi connectivity index (χ4n) is 3.39. The van der Waals surface area contributed by atoms with E-state index in [1.54, 1.807) is 0 Å². The summed E-state index contributed by atoms with van der Waals surface area (Å²) in [6.45, 7) is 2.90. The van der Waals surface area contributed by atoms with Gasteiger partial charge in [-0.3, -0.25) is 19.3 Å². The van der Waals surface area contributed by atoms with E-state index in [9.17, 15) is 18.8 Å². The highest BCUT2D eigenvalue weighted by molar-refractivity contribution is 7.12. The van der Waals surface area contributed by atoms with E-state index >= 15 is 0 Å². The second-order valence-corrected chi connectivity index (χ2v) is 7.35. The number of Topliss-reactive ketones (excluding diaryl/α,β-unsaturated/α-hetero) is 1. The molecule has 1 saturated heterocycles. The van der Waals surface area contributed by atoms with Crippen molar-refractivity contribution in [1.29, 1.82) is 0 Å². The quantitative estimate of drug-likeness (QED) is 0.792. The highest BCUT2D eigenvalue weighted by Crippen LogP contribution is 2.28. The minimum absolute atomic E-state index is 0.0345. The van der Waals surface area contributed by atoms with Crippen LogP contribution in [-0.4, -0.2) is 55.3 Å². The van der Waals surface area contributed by atoms with Gasteiger partial charge in [0.05, 0.1) is 42.3 Å². The van der Waals surface area contributed by atoms with E-state index in [-0.39, 0.29) is 11.5 Å². The van der Waals surface area contributed by atoms with Gasteiger partial charge in [-0.2, -0.15) is 0 Å². The largest absolute Gasteiger partial charge is 0.327 e. The lowest BCUT2D eigenvalue weighted by molar-refractivity contribution is -0.902. The van der Waals surface area contributed by atoms with Crippen LogP contribution in [0.15, 0.2) is 35.7 Å². The molecular weight excluding hydrogens is 357 g/mol. The van der Waals surface area contributed by atoms with Gasteiger partial charge in [0, 0.05) is 0 Å². The van der Waals surface area contributed by atoms with E-state index in [0.717, 1.165) is 15.8 Å². The molecule has 8 heteroatoms. The van der Waals surface area contributed by atoms with Crippen LogP contribution >= 0.6 is 11.3 Å². The van der Waals surface area contributed by atoms with Crippen molar-refractivity contribution < 1.29 is 23.7 Å². The molecule has 0 radical (unpaired) electrons. The molecule has 2 aliphatic rings. The number of rotatable bonds is 3. The summed E-state index contributed by atoms with van der Waals surface area (Å²) in [5, 5.41) is 1.88. The molecule has 2 aromatic rings. The monoisotopic (exact) mass is 374 g/mol. The number of piperazine rings is 1. The van der Waals surface area contributed by atoms with Crippen molar-refractivity contribution in [3.8, 4) is 0 Å². The van der Waals surface area contributed by atoms with Crippen LogP contribution < -0.4 is 9.80 Å². The minimum atomic E-state index is -0.662. The molecule has 1 aromatic carbocycles. The van der Waals surface area contributed by atoms with Gasteiger partial charge in [-0.25, -0.2) is 4.39 Å². The van der Waals surface area contributed by atoms with Crippen LogP contribution in [0.2, 0.25) is 0 Å². The van der Waals surface area contributed by atoms with Crippen molar-refractivity contribution in [2.45, 2.75) is 0 Å². The van der Waals surface area contributed by atoms with Crippen molar-refractivity contribution in [1.82, 2.24) is 4.90 Å². The third-order valence-corrected chi connectivity index (χ3v) is 5.66. The minimum Gasteiger partial charge on any atom is -0.327 e. The van der Waals surface area contributed by atoms with Gasteiger partial charge in [0.1, 0.15) is 5.82 Å². The average Bonchev–Trinajstić information content (AvgIpc) is 3.26. The molecule has 0 bridgehead atoms. The first-order chi connectivity index (χ1) is 12.5. The molecular formula is C18H17FN3O3S+. The molecule has 0 atom stereocenters. The van der Waals surface area contributed by atoms with E-state index in [1.165, 1.54) is 28.4 Å². The average molecular weight is 374 g/mol. The van der Waals surface area contributed by atoms with E-state index in [0.29, 0.717) is 38.5 Å². The number of quaternary nitrogens is 1. The molecule has 1 N–H and O–H groups in total. The fraction of sp³-hybridized carbons (Fsp3) is 0.278. The van der Waals surface area contributed by atoms with Crippen LogP contribution in [0.3, 0.4) is 0 Å². The number of thiophene rings is 1. The van der Waals surface area contributed by atoms with Crippen LogP contribution in [0.1, 0.15) is 20.0 Å². The number of amides is 2. The topological polar surface area (TPSA) is 62.1 Å². The summed E-state index contributed by atoms with van der Waals surface area (Å²) in [7, 11) is 0. The number of halogens is 1. The Morgan fingerprint density at radius 3 is 2.65 bits per heavy atom. The summed E-state index contributed by atoms with van der Waals surface area (Å²) in [5.74, 6) is -1.77. The number of fused-ring (bicyclic) bond motifs is 1. The van der Waals surface area contributed by atoms with Gasteiger partial charge in [0.15, 0.2) is 6.67 Å². The summed E-state index contributed by atoms with van der Waals surface area (Å²) in [6.07, 6.45) is 0. The second-order valence-electron chi connectivity index (χ2n) is 6.40. The highest BCUT2D eigenvalue weighted by atomic mass is 32.1. The second kappa shape index (κ2) is 6.62. The zero-order valence-electron chi connectivity index (χ0n) is 13.9. The summed E-state index contributed by atoms with van der Waals surface area (Å²) in [5.41, 5.74) is 0.590. The smallest absolute Gasteiger partial charge is 0.303 e. The van der Waals surface area contributed by atoms with Crippen molar-refractivity contribution in [3.63, 3.8) is 0 Å². The maximum Gasteiger partial charge on any atom is 0.303 e. The molecule has 1 fully saturated rings. The maximum atomic E-state index is 13.4. The number of nitrogens with zero attached hydrogens (tertiary/aromatic N) is 2. The molecule has 1 aromatic heterocycles. The van der Waals surface area contributed by atoms with Crippen LogP contribution in [-0.2, 0) is 4.79 Å². The Kier molecular flexibility index (Phi) is 4.29. The number of carbonyl (C=O) groups is 3. The van der Waals surface area contributed by atoms with E-state index in [1.807, 2.05) is 22.4 Å². The Morgan fingerprint density at radius 1 is 1.19 bits per heavy atom. The lowest BCUT2D eigenvalue weighted by Gasteiger charge is -2.33. The normalized spacial score (nSPS) is 17.7. The summed E-state index contributed by atoms with van der Waals surface area (Å²) < 4.78 is 13.4. The summed E-state index contributed by atoms with van der Waals surface area (Å²) in [6, 6.07) is 7.52. The Morgan fingerprint density at radius 2 is 1.96 bits per heavy atom. The Hall–Kier alpha value is -2.58. The third-order valence-electron chi connectivity index (χ3n) is 4.80. The fourth-order valence-corrected chi connectivity index (χ4v) is 4.08. The number of carbonyl (C=O) groups excluding carboxylic acids is 3. The van der Waals surface area contributed by atoms with Gasteiger partial charge < -0.3 is 9.80 Å². The number of anilines is 1. The van der Waals surface area contributed by atoms with E-state index in [2.05, 4.69) is 0 Å². The molecule has 2 amide bonds. The van der Waals surface area contributed by atoms with Crippen molar-refractivity contribution in [3.05, 3.63) is 52.0 Å². The SMILES string of the molecule is O=C1C(=O)N(C[NH+]2CCN(C(=O)c3cccs3)CC2)c2ccc(F)cc21. The molecule has 6 nitrogen and oxygen atoms in total. The van der Waals surface area contributed by atoms with Crippen LogP contribution in [0, 0.1) is 5.82 Å². The molecule has 0 spiro atoms. The van der Waals surface area contributed by atoms with Crippen molar-refractivity contribution >= 4 is 34.6 Å². The van der Waals surface area contributed by atoms with Crippen LogP contribution in [0.4, 0.5) is 10.1 Å². The summed E-state index contributed by atoms with van der Waals surface area (Å²) in [4.78, 5) is 41.8. The predicted molar refractivity (Wildman–Crippen MR) is 94.0 cm³/mol. The summed E-state index contributed by atoms with van der Waals surface area (Å²) >= 11 is 1.43. The van der Waals surface area contributed by atoms with Gasteiger partial charge in [-0.1, -0.05) is 6.07 Å². The Labute approximate surface area is 153 Å². The van der Waals surface area contributed by atoms with Gasteiger partial charge in [0.2, 0.25) is 0 Å². The highest BCUT2D eigenvalue weighted by Gasteiger charge is 2.38. The van der Waals surface area contributed by atoms with Crippen LogP contribution in [0.25, 0.3) is 0 Å². The molecule has 134 valence electrons. The Balaban J connectivity index is 1.41. The van der Waals surface area contributed by atoms with Gasteiger partial charge in [0.25, 0.3) is 11.7 Å². The molecule has 26 heavy (non-hydrogen) atoms. The lowest BCUT2D eigenvalue weighted by atomic mass is 10.1. The van der Waals surface area contributed by atoms with Crippen LogP contribution in [0.5, 0.6) is 0 Å². The zero-order valence-corrected chi connectivity index (χ0v) is 14.7. The van der Waals surface area contributed by atoms with Crippen molar-refractivity contribution in [2.75, 3.05) is 37.7 Å². The van der Waals surface area contributed by atoms with Gasteiger partial charge >= 0.3 is 5.91 Å². The third kappa shape index (κ3) is 2.91. The molecule has 2 aliphatic heterocycles. The first-order valence-electron chi connectivity index (χ1n) is 8.36. The number of ketones is 1. The molecule has 0 saturated carbocycles. The van der Waals surface area contributed by atoms with E-state index in [4.69, 9.17) is 0 Å². The number of nitrogens with one attached hydrogen (secondary N) is 1. The molecule has 0 aliphatic carbocycles. The van der Waals surface area contributed by atoms with Gasteiger partial charge in [-0.15, -0.1) is 11.3 Å². The first-order valence-corrected chi connectivity index (χ1v) is 9.24. The lowest BCUT2D eigenvalue weighted by Crippen LogP contribution is -3.16. The maximum absolute atomic E-state index is 13.4. The number of benzene rings is 1. The Bertz CT molecular complexity index is 876. The molecule has 4 rings (SSSR count). The molecule has 0 unspecified atom stereocenters. The first kappa shape index (κ1) is 16.9. The number of hydrogen-bond acceptors (Lipinski definition) is 4. The zero-order chi connectivity index (χ0) is 18.3. The predicted octanol–water partition coefficient (Wildman–Crippen LogP) is 0.415. The number of hydrogen-bond donors (Lipinski definition) is 1. The standard InChI is InChI=1S/C18H16FN3O3S/c19-12-3-4-14-13(10-12)16(23)18(25)22(14)11-20-5-7-21(8-6-20)17(24)15-2-1-9-26-15/h1-4,9-10H,5-8,11H2/p+1. The van der Waals surface area contributed by atoms with Gasteiger partial charge in [-0.05, 0) is 29.6 Å². The van der Waals surface area contributed by atoms with E-state index < -0.39 is 17.5 Å². The molecule has 3 heterocycles.